The van der Waals surface area contributed by atoms with Crippen LogP contribution in [0.25, 0.3) is 0 Å². The van der Waals surface area contributed by atoms with Crippen molar-refractivity contribution in [1.29, 1.82) is 0 Å². The summed E-state index contributed by atoms with van der Waals surface area (Å²) in [7, 11) is 0. The number of aryl methyl sites for hydroxylation is 1. The quantitative estimate of drug-likeness (QED) is 0.584. The van der Waals surface area contributed by atoms with Crippen LogP contribution in [0.4, 0.5) is 5.69 Å². The van der Waals surface area contributed by atoms with Gasteiger partial charge in [-0.05, 0) is 63.8 Å². The van der Waals surface area contributed by atoms with E-state index >= 15 is 0 Å². The summed E-state index contributed by atoms with van der Waals surface area (Å²) in [6, 6.07) is 13.2. The minimum absolute atomic E-state index is 0.0459. The third-order valence-corrected chi connectivity index (χ3v) is 5.99. The second-order valence-electron chi connectivity index (χ2n) is 8.29. The van der Waals surface area contributed by atoms with Crippen molar-refractivity contribution in [3.8, 4) is 5.75 Å². The maximum atomic E-state index is 13.6. The molecule has 0 bridgehead atoms. The first-order valence-corrected chi connectivity index (χ1v) is 11.3. The van der Waals surface area contributed by atoms with Crippen LogP contribution in [0.2, 0.25) is 0 Å². The normalized spacial score (nSPS) is 16.1. The SMILES string of the molecule is CCOC(=O)c1cc(NC(=O)C2(c3cccc(C)c3)CCOCC2)ccc1O[C@H](C)CC. The topological polar surface area (TPSA) is 73.9 Å². The number of rotatable bonds is 8. The number of carbonyl (C=O) groups excluding carboxylic acids is 2. The van der Waals surface area contributed by atoms with Gasteiger partial charge >= 0.3 is 5.97 Å². The number of carbonyl (C=O) groups is 2. The second-order valence-corrected chi connectivity index (χ2v) is 8.29. The predicted octanol–water partition coefficient (Wildman–Crippen LogP) is 5.04. The van der Waals surface area contributed by atoms with Crippen LogP contribution in [0.15, 0.2) is 42.5 Å². The van der Waals surface area contributed by atoms with E-state index in [-0.39, 0.29) is 18.6 Å². The molecule has 1 amide bonds. The zero-order chi connectivity index (χ0) is 23.1. The highest BCUT2D eigenvalue weighted by atomic mass is 16.5. The van der Waals surface area contributed by atoms with Crippen molar-refractivity contribution in [3.63, 3.8) is 0 Å². The molecule has 0 aromatic heterocycles. The van der Waals surface area contributed by atoms with Gasteiger partial charge in [0.1, 0.15) is 11.3 Å². The largest absolute Gasteiger partial charge is 0.490 e. The number of ether oxygens (including phenoxy) is 3. The number of nitrogens with one attached hydrogen (secondary N) is 1. The summed E-state index contributed by atoms with van der Waals surface area (Å²) in [6.45, 7) is 9.05. The number of benzene rings is 2. The maximum absolute atomic E-state index is 13.6. The molecule has 1 atom stereocenters. The average Bonchev–Trinajstić information content (AvgIpc) is 2.80. The minimum atomic E-state index is -0.680. The third-order valence-electron chi connectivity index (χ3n) is 5.99. The fourth-order valence-electron chi connectivity index (χ4n) is 3.94. The van der Waals surface area contributed by atoms with Gasteiger partial charge in [-0.1, -0.05) is 36.8 Å². The van der Waals surface area contributed by atoms with Gasteiger partial charge in [0.15, 0.2) is 0 Å². The van der Waals surface area contributed by atoms with Gasteiger partial charge in [-0.2, -0.15) is 0 Å². The van der Waals surface area contributed by atoms with E-state index in [0.717, 1.165) is 17.5 Å². The first kappa shape index (κ1) is 23.8. The molecule has 0 spiro atoms. The smallest absolute Gasteiger partial charge is 0.341 e. The van der Waals surface area contributed by atoms with E-state index < -0.39 is 11.4 Å². The van der Waals surface area contributed by atoms with Crippen molar-refractivity contribution in [3.05, 3.63) is 59.2 Å². The van der Waals surface area contributed by atoms with Crippen molar-refractivity contribution in [1.82, 2.24) is 0 Å². The van der Waals surface area contributed by atoms with E-state index in [1.807, 2.05) is 39.0 Å². The van der Waals surface area contributed by atoms with E-state index in [0.29, 0.717) is 43.1 Å². The van der Waals surface area contributed by atoms with Gasteiger partial charge < -0.3 is 19.5 Å². The molecule has 172 valence electrons. The molecule has 3 rings (SSSR count). The standard InChI is InChI=1S/C26H33NO5/c1-5-19(4)32-23-11-10-21(17-22(23)24(28)31-6-2)27-25(29)26(12-14-30-15-13-26)20-9-7-8-18(3)16-20/h7-11,16-17,19H,5-6,12-15H2,1-4H3,(H,27,29)/t19-/m1/s1. The van der Waals surface area contributed by atoms with E-state index in [4.69, 9.17) is 14.2 Å². The van der Waals surface area contributed by atoms with Gasteiger partial charge in [-0.3, -0.25) is 4.79 Å². The summed E-state index contributed by atoms with van der Waals surface area (Å²) in [4.78, 5) is 26.2. The highest BCUT2D eigenvalue weighted by Crippen LogP contribution is 2.37. The van der Waals surface area contributed by atoms with Crippen molar-refractivity contribution in [2.75, 3.05) is 25.1 Å². The third kappa shape index (κ3) is 5.30. The molecule has 2 aromatic carbocycles. The van der Waals surface area contributed by atoms with Crippen molar-refractivity contribution >= 4 is 17.6 Å². The van der Waals surface area contributed by atoms with E-state index in [2.05, 4.69) is 11.4 Å². The Bertz CT molecular complexity index is 949. The van der Waals surface area contributed by atoms with Gasteiger partial charge in [0.05, 0.1) is 18.1 Å². The van der Waals surface area contributed by atoms with E-state index in [1.165, 1.54) is 0 Å². The molecule has 6 heteroatoms. The second kappa shape index (κ2) is 10.6. The van der Waals surface area contributed by atoms with E-state index in [1.54, 1.807) is 25.1 Å². The summed E-state index contributed by atoms with van der Waals surface area (Å²) < 4.78 is 16.7. The van der Waals surface area contributed by atoms with Crippen molar-refractivity contribution in [2.24, 2.45) is 0 Å². The molecule has 1 N–H and O–H groups in total. The number of hydrogen-bond donors (Lipinski definition) is 1. The Kier molecular flexibility index (Phi) is 7.91. The Balaban J connectivity index is 1.92. The lowest BCUT2D eigenvalue weighted by Crippen LogP contribution is -2.44. The lowest BCUT2D eigenvalue weighted by Gasteiger charge is -2.36. The summed E-state index contributed by atoms with van der Waals surface area (Å²) in [5.41, 5.74) is 2.26. The lowest BCUT2D eigenvalue weighted by molar-refractivity contribution is -0.125. The predicted molar refractivity (Wildman–Crippen MR) is 124 cm³/mol. The molecule has 0 radical (unpaired) electrons. The maximum Gasteiger partial charge on any atom is 0.341 e. The van der Waals surface area contributed by atoms with Crippen LogP contribution in [-0.4, -0.2) is 37.8 Å². The van der Waals surface area contributed by atoms with Crippen LogP contribution in [0.1, 0.15) is 61.5 Å². The Hall–Kier alpha value is -2.86. The molecule has 32 heavy (non-hydrogen) atoms. The Labute approximate surface area is 190 Å². The number of anilines is 1. The van der Waals surface area contributed by atoms with Crippen LogP contribution in [0, 0.1) is 6.92 Å². The number of esters is 1. The first-order chi connectivity index (χ1) is 15.4. The molecule has 1 heterocycles. The average molecular weight is 440 g/mol. The zero-order valence-electron chi connectivity index (χ0n) is 19.4. The van der Waals surface area contributed by atoms with Gasteiger partial charge in [0, 0.05) is 18.9 Å². The van der Waals surface area contributed by atoms with Gasteiger partial charge in [0.2, 0.25) is 5.91 Å². The molecule has 2 aromatic rings. The number of amides is 1. The van der Waals surface area contributed by atoms with Crippen LogP contribution in [-0.2, 0) is 19.7 Å². The molecule has 0 saturated carbocycles. The summed E-state index contributed by atoms with van der Waals surface area (Å²) in [5.74, 6) is -0.117. The summed E-state index contributed by atoms with van der Waals surface area (Å²) >= 11 is 0. The van der Waals surface area contributed by atoms with Gasteiger partial charge in [-0.15, -0.1) is 0 Å². The Morgan fingerprint density at radius 3 is 2.53 bits per heavy atom. The van der Waals surface area contributed by atoms with Crippen LogP contribution < -0.4 is 10.1 Å². The first-order valence-electron chi connectivity index (χ1n) is 11.3. The Morgan fingerprint density at radius 2 is 1.88 bits per heavy atom. The van der Waals surface area contributed by atoms with Crippen LogP contribution in [0.5, 0.6) is 5.75 Å². The zero-order valence-corrected chi connectivity index (χ0v) is 19.4. The summed E-state index contributed by atoms with van der Waals surface area (Å²) in [5, 5.41) is 3.04. The van der Waals surface area contributed by atoms with Crippen LogP contribution in [0.3, 0.4) is 0 Å². The minimum Gasteiger partial charge on any atom is -0.490 e. The van der Waals surface area contributed by atoms with Crippen molar-refractivity contribution < 1.29 is 23.8 Å². The molecule has 0 unspecified atom stereocenters. The highest BCUT2D eigenvalue weighted by molar-refractivity contribution is 6.01. The van der Waals surface area contributed by atoms with Crippen LogP contribution >= 0.6 is 0 Å². The van der Waals surface area contributed by atoms with Gasteiger partial charge in [0.25, 0.3) is 0 Å². The van der Waals surface area contributed by atoms with Crippen molar-refractivity contribution in [2.45, 2.75) is 58.5 Å². The lowest BCUT2D eigenvalue weighted by atomic mass is 9.73. The molecule has 0 aliphatic carbocycles. The molecular weight excluding hydrogens is 406 g/mol. The fraction of sp³-hybridized carbons (Fsp3) is 0.462. The molecule has 1 saturated heterocycles. The molecule has 1 aliphatic rings. The monoisotopic (exact) mass is 439 g/mol. The fourth-order valence-corrected chi connectivity index (χ4v) is 3.94. The summed E-state index contributed by atoms with van der Waals surface area (Å²) in [6.07, 6.45) is 1.96. The number of hydrogen-bond acceptors (Lipinski definition) is 5. The Morgan fingerprint density at radius 1 is 1.12 bits per heavy atom. The highest BCUT2D eigenvalue weighted by Gasteiger charge is 2.42. The molecule has 1 fully saturated rings. The molecular formula is C26H33NO5. The van der Waals surface area contributed by atoms with Gasteiger partial charge in [-0.25, -0.2) is 4.79 Å². The van der Waals surface area contributed by atoms with E-state index in [9.17, 15) is 9.59 Å². The molecule has 6 nitrogen and oxygen atoms in total. The molecule has 1 aliphatic heterocycles.